The van der Waals surface area contributed by atoms with Crippen LogP contribution in [-0.2, 0) is 9.84 Å². The molecule has 1 N–H and O–H groups in total. The molecule has 2 aliphatic rings. The van der Waals surface area contributed by atoms with Gasteiger partial charge in [0.1, 0.15) is 5.54 Å². The Labute approximate surface area is 128 Å². The van der Waals surface area contributed by atoms with Crippen LogP contribution in [-0.4, -0.2) is 56.0 Å². The van der Waals surface area contributed by atoms with Gasteiger partial charge in [-0.1, -0.05) is 0 Å². The van der Waals surface area contributed by atoms with Crippen LogP contribution in [0.4, 0.5) is 0 Å². The second-order valence-electron chi connectivity index (χ2n) is 6.86. The lowest BCUT2D eigenvalue weighted by Gasteiger charge is -2.25. The molecule has 1 saturated heterocycles. The largest absolute Gasteiger partial charge is 0.302 e. The number of nitrogens with one attached hydrogen (secondary N) is 1. The molecule has 1 aliphatic heterocycles. The minimum atomic E-state index is -2.80. The minimum Gasteiger partial charge on any atom is -0.302 e. The van der Waals surface area contributed by atoms with E-state index in [1.165, 1.54) is 12.8 Å². The Morgan fingerprint density at radius 1 is 1.33 bits per heavy atom. The van der Waals surface area contributed by atoms with E-state index in [-0.39, 0.29) is 6.04 Å². The van der Waals surface area contributed by atoms with Crippen molar-refractivity contribution in [2.45, 2.75) is 63.1 Å². The van der Waals surface area contributed by atoms with Crippen LogP contribution in [0, 0.1) is 11.3 Å². The number of nitrogens with zero attached hydrogens (tertiary/aromatic N) is 2. The molecule has 0 aromatic rings. The second kappa shape index (κ2) is 6.64. The van der Waals surface area contributed by atoms with Crippen LogP contribution in [0.15, 0.2) is 0 Å². The third-order valence-corrected chi connectivity index (χ3v) is 6.37. The molecule has 0 aromatic carbocycles. The highest BCUT2D eigenvalue weighted by Crippen LogP contribution is 2.25. The lowest BCUT2D eigenvalue weighted by atomic mass is 9.96. The first-order chi connectivity index (χ1) is 9.84. The Kier molecular flexibility index (Phi) is 5.29. The van der Waals surface area contributed by atoms with Crippen LogP contribution in [0.3, 0.4) is 0 Å². The topological polar surface area (TPSA) is 73.2 Å². The van der Waals surface area contributed by atoms with Crippen molar-refractivity contribution in [1.29, 1.82) is 5.26 Å². The van der Waals surface area contributed by atoms with Gasteiger partial charge in [0, 0.05) is 12.1 Å². The molecular weight excluding hydrogens is 286 g/mol. The summed E-state index contributed by atoms with van der Waals surface area (Å²) >= 11 is 0. The second-order valence-corrected chi connectivity index (χ2v) is 9.09. The predicted octanol–water partition coefficient (Wildman–Crippen LogP) is 1.31. The number of hydrogen-bond donors (Lipinski definition) is 1. The fraction of sp³-hybridized carbons (Fsp3) is 0.933. The van der Waals surface area contributed by atoms with Crippen molar-refractivity contribution in [1.82, 2.24) is 10.2 Å². The zero-order valence-corrected chi connectivity index (χ0v) is 14.0. The summed E-state index contributed by atoms with van der Waals surface area (Å²) in [5.41, 5.74) is -0.406. The number of rotatable bonds is 8. The van der Waals surface area contributed by atoms with E-state index in [2.05, 4.69) is 16.3 Å². The molecule has 1 heterocycles. The van der Waals surface area contributed by atoms with Gasteiger partial charge < -0.3 is 4.90 Å². The predicted molar refractivity (Wildman–Crippen MR) is 83.7 cm³/mol. The fourth-order valence-corrected chi connectivity index (χ4v) is 4.79. The van der Waals surface area contributed by atoms with Gasteiger partial charge in [0.25, 0.3) is 0 Å². The van der Waals surface area contributed by atoms with Crippen LogP contribution in [0.5, 0.6) is 0 Å². The molecule has 1 aliphatic carbocycles. The highest BCUT2D eigenvalue weighted by molar-refractivity contribution is 7.91. The molecule has 0 spiro atoms. The van der Waals surface area contributed by atoms with Crippen molar-refractivity contribution in [2.24, 2.45) is 0 Å². The Bertz CT molecular complexity index is 496. The summed E-state index contributed by atoms with van der Waals surface area (Å²) in [5.74, 6) is 0.641. The minimum absolute atomic E-state index is 0.182. The van der Waals surface area contributed by atoms with E-state index in [1.807, 2.05) is 14.0 Å². The molecule has 0 bridgehead atoms. The van der Waals surface area contributed by atoms with Gasteiger partial charge in [-0.25, -0.2) is 8.42 Å². The van der Waals surface area contributed by atoms with Crippen LogP contribution in [0.25, 0.3) is 0 Å². The molecule has 120 valence electrons. The Morgan fingerprint density at radius 3 is 2.57 bits per heavy atom. The van der Waals surface area contributed by atoms with Gasteiger partial charge in [0.2, 0.25) is 0 Å². The first kappa shape index (κ1) is 16.7. The van der Waals surface area contributed by atoms with E-state index < -0.39 is 15.4 Å². The summed E-state index contributed by atoms with van der Waals surface area (Å²) in [6.07, 6.45) is 6.01. The molecule has 2 rings (SSSR count). The quantitative estimate of drug-likeness (QED) is 0.684. The average molecular weight is 313 g/mol. The van der Waals surface area contributed by atoms with Crippen LogP contribution < -0.4 is 5.32 Å². The number of nitriles is 1. The SMILES string of the molecule is CN(CCCCC(C)(C#N)NC1CC1)C1CCS(=O)(=O)C1. The molecule has 0 radical (unpaired) electrons. The van der Waals surface area contributed by atoms with E-state index in [0.29, 0.717) is 17.5 Å². The smallest absolute Gasteiger partial charge is 0.151 e. The Balaban J connectivity index is 1.66. The summed E-state index contributed by atoms with van der Waals surface area (Å²) in [6.45, 7) is 2.89. The van der Waals surface area contributed by atoms with Crippen molar-refractivity contribution >= 4 is 9.84 Å². The van der Waals surface area contributed by atoms with Crippen molar-refractivity contribution in [3.05, 3.63) is 0 Å². The number of unbranched alkanes of at least 4 members (excludes halogenated alkanes) is 1. The third kappa shape index (κ3) is 5.24. The summed E-state index contributed by atoms with van der Waals surface area (Å²) < 4.78 is 23.0. The van der Waals surface area contributed by atoms with Gasteiger partial charge in [-0.05, 0) is 59.0 Å². The van der Waals surface area contributed by atoms with Gasteiger partial charge in [-0.15, -0.1) is 0 Å². The van der Waals surface area contributed by atoms with E-state index >= 15 is 0 Å². The normalized spacial score (nSPS) is 27.4. The molecule has 2 fully saturated rings. The van der Waals surface area contributed by atoms with Crippen LogP contribution >= 0.6 is 0 Å². The van der Waals surface area contributed by atoms with E-state index in [4.69, 9.17) is 0 Å². The molecule has 0 aromatic heterocycles. The molecule has 1 saturated carbocycles. The first-order valence-corrected chi connectivity index (χ1v) is 9.75. The van der Waals surface area contributed by atoms with Crippen molar-refractivity contribution in [3.8, 4) is 6.07 Å². The zero-order valence-electron chi connectivity index (χ0n) is 13.1. The number of sulfone groups is 1. The third-order valence-electron chi connectivity index (χ3n) is 4.62. The molecule has 2 unspecified atom stereocenters. The maximum Gasteiger partial charge on any atom is 0.151 e. The highest BCUT2D eigenvalue weighted by Gasteiger charge is 2.32. The molecule has 0 amide bonds. The monoisotopic (exact) mass is 313 g/mol. The van der Waals surface area contributed by atoms with E-state index in [0.717, 1.165) is 32.2 Å². The first-order valence-electron chi connectivity index (χ1n) is 7.93. The molecule has 5 nitrogen and oxygen atoms in total. The maximum atomic E-state index is 11.5. The molecular formula is C15H27N3O2S. The Morgan fingerprint density at radius 2 is 2.05 bits per heavy atom. The summed E-state index contributed by atoms with van der Waals surface area (Å²) in [7, 11) is -0.788. The van der Waals surface area contributed by atoms with Crippen LogP contribution in [0.1, 0.15) is 45.4 Å². The highest BCUT2D eigenvalue weighted by atomic mass is 32.2. The van der Waals surface area contributed by atoms with Gasteiger partial charge >= 0.3 is 0 Å². The van der Waals surface area contributed by atoms with Gasteiger partial charge in [-0.2, -0.15) is 5.26 Å². The molecule has 6 heteroatoms. The fourth-order valence-electron chi connectivity index (χ4n) is 2.98. The van der Waals surface area contributed by atoms with Gasteiger partial charge in [0.15, 0.2) is 9.84 Å². The summed E-state index contributed by atoms with van der Waals surface area (Å²) in [4.78, 5) is 2.17. The van der Waals surface area contributed by atoms with Crippen molar-refractivity contribution < 1.29 is 8.42 Å². The number of hydrogen-bond acceptors (Lipinski definition) is 5. The Hall–Kier alpha value is -0.640. The standard InChI is InChI=1S/C15H27N3O2S/c1-15(12-16,17-13-5-6-13)8-3-4-9-18(2)14-7-10-21(19,20)11-14/h13-14,17H,3-11H2,1-2H3. The zero-order chi connectivity index (χ0) is 15.5. The lowest BCUT2D eigenvalue weighted by Crippen LogP contribution is -2.42. The molecule has 21 heavy (non-hydrogen) atoms. The summed E-state index contributed by atoms with van der Waals surface area (Å²) in [5, 5.41) is 12.7. The lowest BCUT2D eigenvalue weighted by molar-refractivity contribution is 0.252. The van der Waals surface area contributed by atoms with Crippen molar-refractivity contribution in [2.75, 3.05) is 25.1 Å². The van der Waals surface area contributed by atoms with Gasteiger partial charge in [-0.3, -0.25) is 5.32 Å². The van der Waals surface area contributed by atoms with E-state index in [1.54, 1.807) is 0 Å². The molecule has 2 atom stereocenters. The van der Waals surface area contributed by atoms with Crippen LogP contribution in [0.2, 0.25) is 0 Å². The van der Waals surface area contributed by atoms with Crippen molar-refractivity contribution in [3.63, 3.8) is 0 Å². The van der Waals surface area contributed by atoms with Gasteiger partial charge in [0.05, 0.1) is 17.6 Å². The van der Waals surface area contributed by atoms with E-state index in [9.17, 15) is 13.7 Å². The average Bonchev–Trinajstić information content (AvgIpc) is 3.15. The maximum absolute atomic E-state index is 11.5. The summed E-state index contributed by atoms with van der Waals surface area (Å²) in [6, 6.07) is 3.12.